The molecule has 0 amide bonds. The fourth-order valence-electron chi connectivity index (χ4n) is 2.32. The number of hydrogen-bond acceptors (Lipinski definition) is 5. The standard InChI is InChI=1S/C16H18N4OS/c1-11(22-16-19-18-15(10-21)20(16)2)9-13-8-7-12-5-3-4-6-14(12)17-13/h3-8,11,21H,9-10H2,1-2H3. The Hall–Kier alpha value is -1.92. The number of rotatable bonds is 5. The molecule has 6 heteroatoms. The van der Waals surface area contributed by atoms with Crippen molar-refractivity contribution >= 4 is 22.7 Å². The Morgan fingerprint density at radius 2 is 2.00 bits per heavy atom. The number of aliphatic hydroxyl groups excluding tert-OH is 1. The molecule has 0 fully saturated rings. The van der Waals surface area contributed by atoms with E-state index in [2.05, 4.69) is 35.3 Å². The number of pyridine rings is 1. The van der Waals surface area contributed by atoms with Gasteiger partial charge >= 0.3 is 0 Å². The third kappa shape index (κ3) is 3.13. The Balaban J connectivity index is 1.72. The van der Waals surface area contributed by atoms with Gasteiger partial charge in [-0.25, -0.2) is 0 Å². The van der Waals surface area contributed by atoms with E-state index in [4.69, 9.17) is 10.1 Å². The van der Waals surface area contributed by atoms with Gasteiger partial charge in [0.15, 0.2) is 11.0 Å². The summed E-state index contributed by atoms with van der Waals surface area (Å²) in [7, 11) is 1.87. The molecule has 0 aliphatic heterocycles. The van der Waals surface area contributed by atoms with E-state index >= 15 is 0 Å². The van der Waals surface area contributed by atoms with E-state index in [0.717, 1.165) is 28.2 Å². The predicted molar refractivity (Wildman–Crippen MR) is 87.7 cm³/mol. The van der Waals surface area contributed by atoms with Gasteiger partial charge in [-0.3, -0.25) is 4.98 Å². The van der Waals surface area contributed by atoms with E-state index in [1.54, 1.807) is 11.8 Å². The van der Waals surface area contributed by atoms with Crippen LogP contribution in [0.3, 0.4) is 0 Å². The minimum absolute atomic E-state index is 0.0926. The van der Waals surface area contributed by atoms with Gasteiger partial charge in [-0.2, -0.15) is 0 Å². The molecule has 3 rings (SSSR count). The van der Waals surface area contributed by atoms with Crippen molar-refractivity contribution in [3.63, 3.8) is 0 Å². The highest BCUT2D eigenvalue weighted by Gasteiger charge is 2.13. The summed E-state index contributed by atoms with van der Waals surface area (Å²) in [6, 6.07) is 12.3. The number of thioether (sulfide) groups is 1. The van der Waals surface area contributed by atoms with Gasteiger partial charge in [0, 0.05) is 29.8 Å². The normalized spacial score (nSPS) is 12.7. The molecule has 0 aliphatic carbocycles. The van der Waals surface area contributed by atoms with Gasteiger partial charge in [0.2, 0.25) is 0 Å². The minimum atomic E-state index is -0.0926. The van der Waals surface area contributed by atoms with Crippen molar-refractivity contribution in [2.24, 2.45) is 7.05 Å². The summed E-state index contributed by atoms with van der Waals surface area (Å²) in [5.41, 5.74) is 2.10. The molecule has 2 heterocycles. The van der Waals surface area contributed by atoms with E-state index in [0.29, 0.717) is 11.1 Å². The minimum Gasteiger partial charge on any atom is -0.388 e. The fraction of sp³-hybridized carbons (Fsp3) is 0.312. The first kappa shape index (κ1) is 15.0. The van der Waals surface area contributed by atoms with E-state index in [9.17, 15) is 0 Å². The lowest BCUT2D eigenvalue weighted by Crippen LogP contribution is -2.06. The SMILES string of the molecule is CC(Cc1ccc2ccccc2n1)Sc1nnc(CO)n1C. The molecule has 3 aromatic rings. The number of nitrogens with zero attached hydrogens (tertiary/aromatic N) is 4. The van der Waals surface area contributed by atoms with Gasteiger partial charge in [0.1, 0.15) is 6.61 Å². The molecule has 0 radical (unpaired) electrons. The highest BCUT2D eigenvalue weighted by molar-refractivity contribution is 7.99. The summed E-state index contributed by atoms with van der Waals surface area (Å²) in [5, 5.41) is 19.5. The van der Waals surface area contributed by atoms with Crippen LogP contribution in [0, 0.1) is 0 Å². The Kier molecular flexibility index (Phi) is 4.40. The molecule has 114 valence electrons. The maximum Gasteiger partial charge on any atom is 0.191 e. The molecule has 0 spiro atoms. The Labute approximate surface area is 133 Å². The molecule has 1 atom stereocenters. The van der Waals surface area contributed by atoms with Gasteiger partial charge in [-0.05, 0) is 12.1 Å². The second-order valence-corrected chi connectivity index (χ2v) is 6.65. The molecule has 1 unspecified atom stereocenters. The molecule has 0 bridgehead atoms. The zero-order valence-corrected chi connectivity index (χ0v) is 13.4. The van der Waals surface area contributed by atoms with Gasteiger partial charge in [-0.15, -0.1) is 10.2 Å². The predicted octanol–water partition coefficient (Wildman–Crippen LogP) is 2.58. The number of benzene rings is 1. The Bertz CT molecular complexity index is 787. The van der Waals surface area contributed by atoms with Gasteiger partial charge in [0.25, 0.3) is 0 Å². The molecule has 1 N–H and O–H groups in total. The quantitative estimate of drug-likeness (QED) is 0.733. The monoisotopic (exact) mass is 314 g/mol. The molecule has 2 aromatic heterocycles. The van der Waals surface area contributed by atoms with Crippen molar-refractivity contribution in [2.75, 3.05) is 0 Å². The number of fused-ring (bicyclic) bond motifs is 1. The summed E-state index contributed by atoms with van der Waals surface area (Å²) in [6.45, 7) is 2.06. The zero-order valence-electron chi connectivity index (χ0n) is 12.6. The van der Waals surface area contributed by atoms with Crippen LogP contribution in [0.2, 0.25) is 0 Å². The maximum atomic E-state index is 9.16. The third-order valence-electron chi connectivity index (χ3n) is 3.53. The second kappa shape index (κ2) is 6.46. The highest BCUT2D eigenvalue weighted by atomic mass is 32.2. The van der Waals surface area contributed by atoms with Gasteiger partial charge in [0.05, 0.1) is 5.52 Å². The molecular weight excluding hydrogens is 296 g/mol. The van der Waals surface area contributed by atoms with Crippen LogP contribution in [0.25, 0.3) is 10.9 Å². The van der Waals surface area contributed by atoms with E-state index in [1.807, 2.05) is 29.8 Å². The van der Waals surface area contributed by atoms with Crippen molar-refractivity contribution in [1.29, 1.82) is 0 Å². The highest BCUT2D eigenvalue weighted by Crippen LogP contribution is 2.24. The number of hydrogen-bond donors (Lipinski definition) is 1. The molecule has 1 aromatic carbocycles. The lowest BCUT2D eigenvalue weighted by Gasteiger charge is -2.10. The smallest absolute Gasteiger partial charge is 0.191 e. The van der Waals surface area contributed by atoms with Crippen LogP contribution in [-0.4, -0.2) is 30.1 Å². The van der Waals surface area contributed by atoms with Crippen molar-refractivity contribution < 1.29 is 5.11 Å². The fourth-order valence-corrected chi connectivity index (χ4v) is 3.29. The summed E-state index contributed by atoms with van der Waals surface area (Å²) >= 11 is 1.64. The first-order valence-electron chi connectivity index (χ1n) is 7.18. The number of aromatic nitrogens is 4. The Morgan fingerprint density at radius 3 is 2.77 bits per heavy atom. The summed E-state index contributed by atoms with van der Waals surface area (Å²) < 4.78 is 1.83. The molecule has 5 nitrogen and oxygen atoms in total. The lowest BCUT2D eigenvalue weighted by atomic mass is 10.1. The average Bonchev–Trinajstić information content (AvgIpc) is 2.87. The number of para-hydroxylation sites is 1. The van der Waals surface area contributed by atoms with Crippen molar-refractivity contribution in [2.45, 2.75) is 30.4 Å². The average molecular weight is 314 g/mol. The van der Waals surface area contributed by atoms with Crippen molar-refractivity contribution in [3.8, 4) is 0 Å². The van der Waals surface area contributed by atoms with Crippen LogP contribution >= 0.6 is 11.8 Å². The number of aliphatic hydroxyl groups is 1. The summed E-state index contributed by atoms with van der Waals surface area (Å²) in [4.78, 5) is 4.70. The molecule has 0 saturated carbocycles. The first-order valence-corrected chi connectivity index (χ1v) is 8.06. The van der Waals surface area contributed by atoms with Crippen LogP contribution in [0.5, 0.6) is 0 Å². The van der Waals surface area contributed by atoms with Crippen LogP contribution < -0.4 is 0 Å². The van der Waals surface area contributed by atoms with E-state index in [1.165, 1.54) is 0 Å². The molecule has 0 saturated heterocycles. The van der Waals surface area contributed by atoms with Gasteiger partial charge in [-0.1, -0.05) is 43.0 Å². The van der Waals surface area contributed by atoms with Crippen LogP contribution in [0.1, 0.15) is 18.4 Å². The lowest BCUT2D eigenvalue weighted by molar-refractivity contribution is 0.266. The van der Waals surface area contributed by atoms with Gasteiger partial charge < -0.3 is 9.67 Å². The summed E-state index contributed by atoms with van der Waals surface area (Å²) in [5.74, 6) is 0.582. The van der Waals surface area contributed by atoms with E-state index < -0.39 is 0 Å². The second-order valence-electron chi connectivity index (χ2n) is 5.24. The summed E-state index contributed by atoms with van der Waals surface area (Å²) in [6.07, 6.45) is 0.858. The molecular formula is C16H18N4OS. The molecule has 22 heavy (non-hydrogen) atoms. The van der Waals surface area contributed by atoms with Crippen molar-refractivity contribution in [1.82, 2.24) is 19.7 Å². The third-order valence-corrected chi connectivity index (χ3v) is 4.66. The first-order chi connectivity index (χ1) is 10.7. The van der Waals surface area contributed by atoms with Crippen LogP contribution in [0.4, 0.5) is 0 Å². The zero-order chi connectivity index (χ0) is 15.5. The Morgan fingerprint density at radius 1 is 1.18 bits per heavy atom. The topological polar surface area (TPSA) is 63.8 Å². The van der Waals surface area contributed by atoms with Crippen molar-refractivity contribution in [3.05, 3.63) is 47.9 Å². The largest absolute Gasteiger partial charge is 0.388 e. The van der Waals surface area contributed by atoms with E-state index in [-0.39, 0.29) is 6.61 Å². The maximum absolute atomic E-state index is 9.16. The van der Waals surface area contributed by atoms with Crippen LogP contribution in [-0.2, 0) is 20.1 Å². The molecule has 0 aliphatic rings. The van der Waals surface area contributed by atoms with Crippen LogP contribution in [0.15, 0.2) is 41.6 Å².